The fraction of sp³-hybridized carbons (Fsp3) is 0.211. The summed E-state index contributed by atoms with van der Waals surface area (Å²) in [4.78, 5) is 37.7. The SMILES string of the molecule is O=C(CC1C(=O)NC(=O)N1Cc1ccccc1)NCc1ccccc1. The van der Waals surface area contributed by atoms with Crippen LogP contribution in [0.5, 0.6) is 0 Å². The van der Waals surface area contributed by atoms with Crippen molar-refractivity contribution in [2.24, 2.45) is 0 Å². The van der Waals surface area contributed by atoms with Gasteiger partial charge in [0.15, 0.2) is 0 Å². The normalized spacial score (nSPS) is 16.6. The zero-order chi connectivity index (χ0) is 17.6. The topological polar surface area (TPSA) is 78.5 Å². The van der Waals surface area contributed by atoms with Crippen molar-refractivity contribution >= 4 is 17.8 Å². The Morgan fingerprint density at radius 3 is 2.20 bits per heavy atom. The Bertz CT molecular complexity index is 762. The van der Waals surface area contributed by atoms with Crippen molar-refractivity contribution in [1.29, 1.82) is 0 Å². The van der Waals surface area contributed by atoms with Crippen LogP contribution >= 0.6 is 0 Å². The van der Waals surface area contributed by atoms with Gasteiger partial charge in [-0.25, -0.2) is 4.79 Å². The first-order valence-electron chi connectivity index (χ1n) is 8.09. The Morgan fingerprint density at radius 2 is 1.56 bits per heavy atom. The van der Waals surface area contributed by atoms with Crippen LogP contribution in [0.2, 0.25) is 0 Å². The van der Waals surface area contributed by atoms with E-state index in [0.29, 0.717) is 6.54 Å². The number of rotatable bonds is 6. The molecule has 1 atom stereocenters. The summed E-state index contributed by atoms with van der Waals surface area (Å²) in [7, 11) is 0. The molecule has 0 aromatic heterocycles. The van der Waals surface area contributed by atoms with Crippen molar-refractivity contribution in [3.05, 3.63) is 71.8 Å². The second-order valence-electron chi connectivity index (χ2n) is 5.89. The third-order valence-corrected chi connectivity index (χ3v) is 4.08. The van der Waals surface area contributed by atoms with Crippen molar-refractivity contribution in [3.8, 4) is 0 Å². The van der Waals surface area contributed by atoms with Gasteiger partial charge in [0.2, 0.25) is 5.91 Å². The highest BCUT2D eigenvalue weighted by molar-refractivity contribution is 6.05. The molecule has 3 rings (SSSR count). The van der Waals surface area contributed by atoms with Crippen LogP contribution in [0.15, 0.2) is 60.7 Å². The smallest absolute Gasteiger partial charge is 0.325 e. The molecule has 0 aliphatic carbocycles. The van der Waals surface area contributed by atoms with Gasteiger partial charge in [0.05, 0.1) is 6.42 Å². The fourth-order valence-corrected chi connectivity index (χ4v) is 2.75. The van der Waals surface area contributed by atoms with Crippen LogP contribution in [0.4, 0.5) is 4.79 Å². The van der Waals surface area contributed by atoms with Crippen LogP contribution in [-0.2, 0) is 22.7 Å². The first-order chi connectivity index (χ1) is 12.1. The molecule has 1 heterocycles. The lowest BCUT2D eigenvalue weighted by Gasteiger charge is -2.21. The largest absolute Gasteiger partial charge is 0.352 e. The summed E-state index contributed by atoms with van der Waals surface area (Å²) in [5, 5.41) is 5.07. The Balaban J connectivity index is 1.61. The maximum atomic E-state index is 12.2. The van der Waals surface area contributed by atoms with E-state index >= 15 is 0 Å². The first-order valence-corrected chi connectivity index (χ1v) is 8.09. The molecule has 1 saturated heterocycles. The Morgan fingerprint density at radius 1 is 0.960 bits per heavy atom. The number of carbonyl (C=O) groups excluding carboxylic acids is 3. The summed E-state index contributed by atoms with van der Waals surface area (Å²) in [6.07, 6.45) is -0.0583. The second kappa shape index (κ2) is 7.61. The molecule has 6 heteroatoms. The van der Waals surface area contributed by atoms with Crippen molar-refractivity contribution in [1.82, 2.24) is 15.5 Å². The average molecular weight is 337 g/mol. The van der Waals surface area contributed by atoms with Crippen LogP contribution in [-0.4, -0.2) is 28.8 Å². The maximum Gasteiger partial charge on any atom is 0.325 e. The molecule has 0 spiro atoms. The van der Waals surface area contributed by atoms with Crippen LogP contribution in [0.1, 0.15) is 17.5 Å². The number of urea groups is 1. The molecule has 0 saturated carbocycles. The van der Waals surface area contributed by atoms with E-state index in [4.69, 9.17) is 0 Å². The monoisotopic (exact) mass is 337 g/mol. The summed E-state index contributed by atoms with van der Waals surface area (Å²) >= 11 is 0. The van der Waals surface area contributed by atoms with Crippen LogP contribution < -0.4 is 10.6 Å². The van der Waals surface area contributed by atoms with Gasteiger partial charge in [-0.3, -0.25) is 14.9 Å². The molecular formula is C19H19N3O3. The van der Waals surface area contributed by atoms with Gasteiger partial charge in [-0.1, -0.05) is 60.7 Å². The summed E-state index contributed by atoms with van der Waals surface area (Å²) in [5.74, 6) is -0.701. The minimum atomic E-state index is -0.788. The van der Waals surface area contributed by atoms with Gasteiger partial charge in [-0.2, -0.15) is 0 Å². The second-order valence-corrected chi connectivity index (χ2v) is 5.89. The standard InChI is InChI=1S/C19H19N3O3/c23-17(20-12-14-7-3-1-4-8-14)11-16-18(24)21-19(25)22(16)13-15-9-5-2-6-10-15/h1-10,16H,11-13H2,(H,20,23)(H,21,24,25). The molecule has 1 aliphatic rings. The van der Waals surface area contributed by atoms with Crippen LogP contribution in [0, 0.1) is 0 Å². The number of nitrogens with one attached hydrogen (secondary N) is 2. The molecule has 2 N–H and O–H groups in total. The molecule has 0 radical (unpaired) electrons. The molecular weight excluding hydrogens is 318 g/mol. The minimum absolute atomic E-state index is 0.0583. The van der Waals surface area contributed by atoms with Crippen LogP contribution in [0.3, 0.4) is 0 Å². The number of nitrogens with zero attached hydrogens (tertiary/aromatic N) is 1. The van der Waals surface area contributed by atoms with E-state index < -0.39 is 18.0 Å². The van der Waals surface area contributed by atoms with Crippen molar-refractivity contribution < 1.29 is 14.4 Å². The molecule has 0 bridgehead atoms. The Hall–Kier alpha value is -3.15. The van der Waals surface area contributed by atoms with E-state index in [2.05, 4.69) is 10.6 Å². The lowest BCUT2D eigenvalue weighted by Crippen LogP contribution is -2.39. The highest BCUT2D eigenvalue weighted by atomic mass is 16.2. The van der Waals surface area contributed by atoms with Gasteiger partial charge in [-0.15, -0.1) is 0 Å². The molecule has 6 nitrogen and oxygen atoms in total. The van der Waals surface area contributed by atoms with Crippen molar-refractivity contribution in [2.45, 2.75) is 25.6 Å². The van der Waals surface area contributed by atoms with E-state index in [1.165, 1.54) is 4.90 Å². The van der Waals surface area contributed by atoms with Crippen molar-refractivity contribution in [2.75, 3.05) is 0 Å². The molecule has 128 valence electrons. The van der Waals surface area contributed by atoms with Gasteiger partial charge in [0.25, 0.3) is 5.91 Å². The zero-order valence-electron chi connectivity index (χ0n) is 13.6. The third kappa shape index (κ3) is 4.23. The van der Waals surface area contributed by atoms with E-state index in [1.54, 1.807) is 0 Å². The van der Waals surface area contributed by atoms with Crippen LogP contribution in [0.25, 0.3) is 0 Å². The number of carbonyl (C=O) groups is 3. The third-order valence-electron chi connectivity index (χ3n) is 4.08. The predicted octanol–water partition coefficient (Wildman–Crippen LogP) is 1.81. The fourth-order valence-electron chi connectivity index (χ4n) is 2.75. The van der Waals surface area contributed by atoms with Gasteiger partial charge < -0.3 is 10.2 Å². The quantitative estimate of drug-likeness (QED) is 0.789. The maximum absolute atomic E-state index is 12.2. The van der Waals surface area contributed by atoms with E-state index in [0.717, 1.165) is 11.1 Å². The number of imide groups is 1. The molecule has 25 heavy (non-hydrogen) atoms. The number of hydrogen-bond donors (Lipinski definition) is 2. The average Bonchev–Trinajstić information content (AvgIpc) is 2.89. The molecule has 2 aromatic rings. The highest BCUT2D eigenvalue weighted by Gasteiger charge is 2.39. The Labute approximate surface area is 145 Å². The summed E-state index contributed by atoms with van der Waals surface area (Å²) in [6, 6.07) is 17.6. The lowest BCUT2D eigenvalue weighted by atomic mass is 10.1. The van der Waals surface area contributed by atoms with Gasteiger partial charge >= 0.3 is 6.03 Å². The van der Waals surface area contributed by atoms with E-state index in [9.17, 15) is 14.4 Å². The molecule has 1 fully saturated rings. The highest BCUT2D eigenvalue weighted by Crippen LogP contribution is 2.16. The zero-order valence-corrected chi connectivity index (χ0v) is 13.6. The summed E-state index contributed by atoms with van der Waals surface area (Å²) in [5.41, 5.74) is 1.88. The number of hydrogen-bond acceptors (Lipinski definition) is 3. The van der Waals surface area contributed by atoms with Gasteiger partial charge in [0, 0.05) is 13.1 Å². The van der Waals surface area contributed by atoms with Crippen molar-refractivity contribution in [3.63, 3.8) is 0 Å². The predicted molar refractivity (Wildman–Crippen MR) is 92.2 cm³/mol. The molecule has 1 unspecified atom stereocenters. The van der Waals surface area contributed by atoms with Gasteiger partial charge in [-0.05, 0) is 11.1 Å². The number of benzene rings is 2. The van der Waals surface area contributed by atoms with Gasteiger partial charge in [0.1, 0.15) is 6.04 Å². The van der Waals surface area contributed by atoms with E-state index in [-0.39, 0.29) is 18.9 Å². The molecule has 1 aliphatic heterocycles. The van der Waals surface area contributed by atoms with E-state index in [1.807, 2.05) is 60.7 Å². The lowest BCUT2D eigenvalue weighted by molar-refractivity contribution is -0.128. The number of amides is 4. The summed E-state index contributed by atoms with van der Waals surface area (Å²) < 4.78 is 0. The molecule has 2 aromatic carbocycles. The minimum Gasteiger partial charge on any atom is -0.352 e. The first kappa shape index (κ1) is 16.7. The summed E-state index contributed by atoms with van der Waals surface area (Å²) in [6.45, 7) is 0.676. The molecule has 4 amide bonds. The Kier molecular flexibility index (Phi) is 5.09.